The lowest BCUT2D eigenvalue weighted by atomic mass is 10.1. The Morgan fingerprint density at radius 2 is 1.81 bits per heavy atom. The van der Waals surface area contributed by atoms with Crippen LogP contribution in [-0.4, -0.2) is 18.2 Å². The van der Waals surface area contributed by atoms with E-state index in [0.29, 0.717) is 11.1 Å². The Hall–Kier alpha value is -2.08. The number of hydrogen-bond donors (Lipinski definition) is 3. The second-order valence-corrected chi connectivity index (χ2v) is 3.11. The molecule has 0 aromatic heterocycles. The molecule has 0 saturated carbocycles. The number of Topliss-reactive ketones (excluding diaryl/α,β-unsaturated/α-hetero) is 1. The van der Waals surface area contributed by atoms with E-state index in [1.165, 1.54) is 12.1 Å². The molecule has 0 atom stereocenters. The van der Waals surface area contributed by atoms with Gasteiger partial charge in [0, 0.05) is 17.5 Å². The number of benzene rings is 1. The van der Waals surface area contributed by atoms with Gasteiger partial charge in [0.2, 0.25) is 0 Å². The highest BCUT2D eigenvalue weighted by Gasteiger charge is 2.07. The second-order valence-electron chi connectivity index (χ2n) is 3.11. The zero-order chi connectivity index (χ0) is 12.0. The number of carbonyl (C=O) groups excluding carboxylic acids is 2. The highest BCUT2D eigenvalue weighted by Crippen LogP contribution is 2.07. The first-order chi connectivity index (χ1) is 7.69. The largest absolute Gasteiger partial charge is 0.294 e. The third kappa shape index (κ3) is 2.96. The number of nitrogens with two attached hydrogens (primary N) is 1. The molecule has 0 fully saturated rings. The fraction of sp³-hybridized carbons (Fsp3) is 0.200. The predicted octanol–water partition coefficient (Wildman–Crippen LogP) is 0.894. The van der Waals surface area contributed by atoms with Crippen LogP contribution in [0.3, 0.4) is 0 Å². The Balaban J connectivity index is 2.74. The van der Waals surface area contributed by atoms with Gasteiger partial charge >= 0.3 is 0 Å². The normalized spacial score (nSPS) is 9.56. The van der Waals surface area contributed by atoms with Crippen LogP contribution in [0.1, 0.15) is 27.1 Å². The van der Waals surface area contributed by atoms with E-state index in [2.05, 4.69) is 5.11 Å². The highest BCUT2D eigenvalue weighted by atomic mass is 16.2. The van der Waals surface area contributed by atoms with E-state index in [1.807, 2.05) is 5.43 Å². The molecule has 6 nitrogen and oxygen atoms in total. The molecule has 16 heavy (non-hydrogen) atoms. The standard InChI is InChI=1S/C10H12N4O2/c11-13-6-5-9(15)7-1-3-8(4-2-7)10(16)14-12/h1-4,11H,5-6,12H2,(H,14,16). The van der Waals surface area contributed by atoms with Gasteiger partial charge in [-0.2, -0.15) is 5.11 Å². The molecular formula is C10H12N4O2. The molecule has 0 radical (unpaired) electrons. The molecule has 6 heteroatoms. The molecule has 84 valence electrons. The van der Waals surface area contributed by atoms with Crippen LogP contribution in [0.4, 0.5) is 0 Å². The average Bonchev–Trinajstić information content (AvgIpc) is 2.35. The molecule has 4 N–H and O–H groups in total. The van der Waals surface area contributed by atoms with E-state index in [-0.39, 0.29) is 18.7 Å². The quantitative estimate of drug-likeness (QED) is 0.225. The monoisotopic (exact) mass is 220 g/mol. The summed E-state index contributed by atoms with van der Waals surface area (Å²) in [5.41, 5.74) is 9.47. The number of nitrogens with zero attached hydrogens (tertiary/aromatic N) is 1. The van der Waals surface area contributed by atoms with Crippen molar-refractivity contribution in [1.29, 1.82) is 5.53 Å². The number of hydrazine groups is 1. The summed E-state index contributed by atoms with van der Waals surface area (Å²) in [4.78, 5) is 22.6. The van der Waals surface area contributed by atoms with Crippen molar-refractivity contribution in [3.05, 3.63) is 35.4 Å². The minimum absolute atomic E-state index is 0.101. The van der Waals surface area contributed by atoms with Crippen molar-refractivity contribution >= 4 is 11.7 Å². The first-order valence-corrected chi connectivity index (χ1v) is 4.66. The van der Waals surface area contributed by atoms with Gasteiger partial charge in [-0.15, -0.1) is 0 Å². The van der Waals surface area contributed by atoms with Crippen LogP contribution in [0.2, 0.25) is 0 Å². The summed E-state index contributed by atoms with van der Waals surface area (Å²) in [6, 6.07) is 6.15. The maximum Gasteiger partial charge on any atom is 0.265 e. The predicted molar refractivity (Wildman–Crippen MR) is 57.1 cm³/mol. The Kier molecular flexibility index (Phi) is 4.28. The molecule has 0 bridgehead atoms. The Labute approximate surface area is 92.3 Å². The first-order valence-electron chi connectivity index (χ1n) is 4.66. The number of nitrogens with one attached hydrogen (secondary N) is 2. The number of nitrogen functional groups attached to an aromatic ring is 1. The van der Waals surface area contributed by atoms with Gasteiger partial charge in [-0.1, -0.05) is 12.1 Å². The average molecular weight is 220 g/mol. The maximum absolute atomic E-state index is 11.5. The van der Waals surface area contributed by atoms with Crippen LogP contribution >= 0.6 is 0 Å². The SMILES string of the molecule is N=NCCC(=O)c1ccc(C(=O)NN)cc1. The van der Waals surface area contributed by atoms with Crippen molar-refractivity contribution in [2.24, 2.45) is 11.0 Å². The van der Waals surface area contributed by atoms with Crippen molar-refractivity contribution in [3.8, 4) is 0 Å². The molecule has 1 aromatic rings. The number of hydrogen-bond acceptors (Lipinski definition) is 5. The van der Waals surface area contributed by atoms with Gasteiger partial charge < -0.3 is 0 Å². The molecule has 0 unspecified atom stereocenters. The van der Waals surface area contributed by atoms with Crippen LogP contribution in [0.5, 0.6) is 0 Å². The zero-order valence-electron chi connectivity index (χ0n) is 8.56. The van der Waals surface area contributed by atoms with Crippen molar-refractivity contribution in [2.75, 3.05) is 6.54 Å². The molecule has 0 aliphatic carbocycles. The van der Waals surface area contributed by atoms with Crippen molar-refractivity contribution < 1.29 is 9.59 Å². The minimum atomic E-state index is -0.403. The summed E-state index contributed by atoms with van der Waals surface area (Å²) in [6.07, 6.45) is 0.200. The van der Waals surface area contributed by atoms with Crippen LogP contribution in [-0.2, 0) is 0 Å². The van der Waals surface area contributed by atoms with Gasteiger partial charge in [0.15, 0.2) is 5.78 Å². The molecule has 1 aromatic carbocycles. The second kappa shape index (κ2) is 5.72. The van der Waals surface area contributed by atoms with Gasteiger partial charge in [0.1, 0.15) is 0 Å². The van der Waals surface area contributed by atoms with Crippen molar-refractivity contribution in [3.63, 3.8) is 0 Å². The summed E-state index contributed by atoms with van der Waals surface area (Å²) in [5.74, 6) is 4.46. The van der Waals surface area contributed by atoms with Crippen LogP contribution in [0, 0.1) is 5.53 Å². The molecule has 0 aliphatic rings. The maximum atomic E-state index is 11.5. The first kappa shape index (κ1) is 12.0. The molecule has 0 spiro atoms. The van der Waals surface area contributed by atoms with Crippen molar-refractivity contribution in [2.45, 2.75) is 6.42 Å². The van der Waals surface area contributed by atoms with Gasteiger partial charge in [0.25, 0.3) is 5.91 Å². The molecule has 0 aliphatic heterocycles. The number of amides is 1. The third-order valence-electron chi connectivity index (χ3n) is 2.05. The summed E-state index contributed by atoms with van der Waals surface area (Å²) >= 11 is 0. The fourth-order valence-corrected chi connectivity index (χ4v) is 1.19. The molecule has 0 heterocycles. The van der Waals surface area contributed by atoms with Crippen LogP contribution in [0.15, 0.2) is 29.4 Å². The summed E-state index contributed by atoms with van der Waals surface area (Å²) < 4.78 is 0. The Morgan fingerprint density at radius 3 is 2.31 bits per heavy atom. The van der Waals surface area contributed by atoms with Crippen molar-refractivity contribution in [1.82, 2.24) is 5.43 Å². The third-order valence-corrected chi connectivity index (χ3v) is 2.05. The Morgan fingerprint density at radius 1 is 1.25 bits per heavy atom. The summed E-state index contributed by atoms with van der Waals surface area (Å²) in [5, 5.41) is 3.11. The van der Waals surface area contributed by atoms with Crippen LogP contribution < -0.4 is 11.3 Å². The smallest absolute Gasteiger partial charge is 0.265 e. The lowest BCUT2D eigenvalue weighted by Gasteiger charge is -2.01. The van der Waals surface area contributed by atoms with E-state index >= 15 is 0 Å². The lowest BCUT2D eigenvalue weighted by molar-refractivity contribution is 0.0950. The number of ketones is 1. The zero-order valence-corrected chi connectivity index (χ0v) is 8.56. The molecule has 0 saturated heterocycles. The number of carbonyl (C=O) groups is 2. The van der Waals surface area contributed by atoms with Gasteiger partial charge in [-0.25, -0.2) is 11.4 Å². The minimum Gasteiger partial charge on any atom is -0.294 e. The topological polar surface area (TPSA) is 108 Å². The molecular weight excluding hydrogens is 208 g/mol. The van der Waals surface area contributed by atoms with Gasteiger partial charge in [0.05, 0.1) is 6.54 Å². The highest BCUT2D eigenvalue weighted by molar-refractivity contribution is 5.98. The Bertz CT molecular complexity index is 400. The fourth-order valence-electron chi connectivity index (χ4n) is 1.19. The van der Waals surface area contributed by atoms with E-state index in [0.717, 1.165) is 0 Å². The van der Waals surface area contributed by atoms with E-state index < -0.39 is 5.91 Å². The molecule has 1 amide bonds. The summed E-state index contributed by atoms with van der Waals surface area (Å²) in [7, 11) is 0. The van der Waals surface area contributed by atoms with E-state index in [4.69, 9.17) is 11.4 Å². The van der Waals surface area contributed by atoms with Gasteiger partial charge in [-0.05, 0) is 12.1 Å². The lowest BCUT2D eigenvalue weighted by Crippen LogP contribution is -2.29. The summed E-state index contributed by atoms with van der Waals surface area (Å²) in [6.45, 7) is 0.184. The molecule has 1 rings (SSSR count). The van der Waals surface area contributed by atoms with Crippen LogP contribution in [0.25, 0.3) is 0 Å². The van der Waals surface area contributed by atoms with E-state index in [9.17, 15) is 9.59 Å². The number of rotatable bonds is 5. The van der Waals surface area contributed by atoms with Gasteiger partial charge in [-0.3, -0.25) is 15.0 Å². The van der Waals surface area contributed by atoms with E-state index in [1.54, 1.807) is 12.1 Å².